The highest BCUT2D eigenvalue weighted by Gasteiger charge is 2.34. The number of alkyl halides is 6. The molecule has 0 bridgehead atoms. The van der Waals surface area contributed by atoms with Crippen molar-refractivity contribution in [2.75, 3.05) is 0 Å². The lowest BCUT2D eigenvalue weighted by atomic mass is 9.92. The highest BCUT2D eigenvalue weighted by atomic mass is 19.4. The van der Waals surface area contributed by atoms with E-state index in [-0.39, 0.29) is 55.6 Å². The second kappa shape index (κ2) is 14.0. The van der Waals surface area contributed by atoms with E-state index in [2.05, 4.69) is 19.4 Å². The maximum atomic E-state index is 13.7. The van der Waals surface area contributed by atoms with E-state index in [0.717, 1.165) is 24.3 Å². The number of hydrogen-bond donors (Lipinski definition) is 0. The maximum Gasteiger partial charge on any atom is 0.573 e. The van der Waals surface area contributed by atoms with Gasteiger partial charge in [-0.1, -0.05) is 60.7 Å². The summed E-state index contributed by atoms with van der Waals surface area (Å²) in [5.74, 6) is -1.37. The number of hydrogen-bond acceptors (Lipinski definition) is 10. The molecule has 56 heavy (non-hydrogen) atoms. The minimum Gasteiger partial charge on any atom is -0.434 e. The highest BCUT2D eigenvalue weighted by Crippen LogP contribution is 2.45. The van der Waals surface area contributed by atoms with Crippen LogP contribution in [0.1, 0.15) is 0 Å². The molecule has 0 atom stereocenters. The van der Waals surface area contributed by atoms with Crippen LogP contribution in [0, 0.1) is 45.3 Å². The molecule has 0 aliphatic heterocycles. The van der Waals surface area contributed by atoms with Gasteiger partial charge < -0.3 is 18.3 Å². The molecule has 272 valence electrons. The largest absolute Gasteiger partial charge is 0.573 e. The van der Waals surface area contributed by atoms with Crippen molar-refractivity contribution in [1.82, 2.24) is 9.97 Å². The van der Waals surface area contributed by atoms with Crippen molar-refractivity contribution in [3.8, 4) is 80.3 Å². The molecule has 0 spiro atoms. The Hall–Kier alpha value is -8.08. The van der Waals surface area contributed by atoms with Gasteiger partial charge in [-0.05, 0) is 69.8 Å². The Morgan fingerprint density at radius 3 is 1.14 bits per heavy atom. The topological polar surface area (TPSA) is 166 Å². The molecule has 10 nitrogen and oxygen atoms in total. The van der Waals surface area contributed by atoms with Crippen LogP contribution in [0.2, 0.25) is 0 Å². The minimum atomic E-state index is -5.14. The molecule has 16 heteroatoms. The van der Waals surface area contributed by atoms with Crippen LogP contribution >= 0.6 is 0 Å². The van der Waals surface area contributed by atoms with Crippen LogP contribution in [0.15, 0.2) is 106 Å². The van der Waals surface area contributed by atoms with Gasteiger partial charge in [0.05, 0.1) is 11.1 Å². The Morgan fingerprint density at radius 1 is 0.482 bits per heavy atom. The fraction of sp³-hybridized carbons (Fsp3) is 0.0500. The lowest BCUT2D eigenvalue weighted by Crippen LogP contribution is -2.17. The fourth-order valence-electron chi connectivity index (χ4n) is 5.99. The molecule has 7 rings (SSSR count). The number of aromatic nitrogens is 2. The van der Waals surface area contributed by atoms with Crippen LogP contribution in [0.5, 0.6) is 11.5 Å². The number of benzene rings is 5. The summed E-state index contributed by atoms with van der Waals surface area (Å²) in [6, 6.07) is 30.2. The lowest BCUT2D eigenvalue weighted by molar-refractivity contribution is -0.275. The summed E-state index contributed by atoms with van der Waals surface area (Å²) >= 11 is 0. The average molecular weight is 759 g/mol. The highest BCUT2D eigenvalue weighted by molar-refractivity contribution is 6.16. The van der Waals surface area contributed by atoms with Gasteiger partial charge in [0.15, 0.2) is 22.3 Å². The Bertz CT molecular complexity index is 2700. The molecule has 0 fully saturated rings. The number of fused-ring (bicyclic) bond motifs is 2. The molecular weight excluding hydrogens is 742 g/mol. The molecule has 0 aliphatic carbocycles. The standard InChI is InChI=1S/C40H16F6N6O4/c41-39(42,43)55-29-13-23(21-7-3-1-4-8-21)11-25(15-29)31-33-36(54-37(51-33)27(17-47)18-48)32(34-35(31)53-38(52-34)28(19-49)20-50)26-12-24(22-9-5-2-6-10-22)14-30(16-26)56-40(44,45)46/h1-16H. The Balaban J connectivity index is 1.69. The number of nitriles is 4. The quantitative estimate of drug-likeness (QED) is 0.150. The van der Waals surface area contributed by atoms with Gasteiger partial charge >= 0.3 is 12.7 Å². The maximum absolute atomic E-state index is 13.7. The first-order valence-electron chi connectivity index (χ1n) is 15.8. The summed E-state index contributed by atoms with van der Waals surface area (Å²) in [4.78, 5) is 8.77. The molecule has 0 saturated carbocycles. The summed E-state index contributed by atoms with van der Waals surface area (Å²) in [6.07, 6.45) is -10.3. The third-order valence-corrected chi connectivity index (χ3v) is 8.13. The number of ether oxygens (including phenoxy) is 2. The van der Waals surface area contributed by atoms with Crippen molar-refractivity contribution in [2.24, 2.45) is 0 Å². The predicted molar refractivity (Wildman–Crippen MR) is 185 cm³/mol. The zero-order chi connectivity index (χ0) is 39.8. The Labute approximate surface area is 309 Å². The monoisotopic (exact) mass is 758 g/mol. The second-order valence-electron chi connectivity index (χ2n) is 11.7. The van der Waals surface area contributed by atoms with Crippen LogP contribution in [-0.2, 0) is 0 Å². The molecule has 0 radical (unpaired) electrons. The Kier molecular flexibility index (Phi) is 9.10. The molecule has 0 aliphatic rings. The Morgan fingerprint density at radius 2 is 0.821 bits per heavy atom. The van der Waals surface area contributed by atoms with Gasteiger partial charge in [0.1, 0.15) is 46.8 Å². The molecular formula is C40H16F6N6O4. The van der Waals surface area contributed by atoms with Crippen molar-refractivity contribution >= 4 is 33.3 Å². The summed E-state index contributed by atoms with van der Waals surface area (Å²) < 4.78 is 103. The predicted octanol–water partition coefficient (Wildman–Crippen LogP) is 8.83. The summed E-state index contributed by atoms with van der Waals surface area (Å²) in [6.45, 7) is 0. The minimum absolute atomic E-state index is 0.0697. The first-order valence-corrected chi connectivity index (χ1v) is 15.8. The van der Waals surface area contributed by atoms with Crippen LogP contribution in [0.3, 0.4) is 0 Å². The van der Waals surface area contributed by atoms with Gasteiger partial charge in [-0.3, -0.25) is 0 Å². The SMILES string of the molecule is N#CC(C#N)=c1nc2c(-c3cc(OC(F)(F)F)cc(-c4ccccc4)c3)c3oc(=C(C#N)C#N)nc3c(-c3cc(OC(F)(F)F)cc(-c4ccccc4)c3)c2o1. The fourth-order valence-corrected chi connectivity index (χ4v) is 5.99. The van der Waals surface area contributed by atoms with Gasteiger partial charge in [-0.2, -0.15) is 21.0 Å². The first kappa shape index (κ1) is 36.3. The van der Waals surface area contributed by atoms with E-state index in [1.54, 1.807) is 84.9 Å². The normalized spacial score (nSPS) is 11.3. The third kappa shape index (κ3) is 7.14. The van der Waals surface area contributed by atoms with E-state index in [9.17, 15) is 47.4 Å². The molecule has 5 aromatic carbocycles. The van der Waals surface area contributed by atoms with E-state index in [0.29, 0.717) is 11.1 Å². The number of nitrogens with zero attached hydrogens (tertiary/aromatic N) is 6. The van der Waals surface area contributed by atoms with Gasteiger partial charge in [0, 0.05) is 0 Å². The molecule has 2 aromatic heterocycles. The smallest absolute Gasteiger partial charge is 0.434 e. The van der Waals surface area contributed by atoms with Crippen molar-refractivity contribution in [1.29, 1.82) is 21.0 Å². The van der Waals surface area contributed by atoms with Gasteiger partial charge in [0.25, 0.3) is 0 Å². The molecule has 0 amide bonds. The zero-order valence-corrected chi connectivity index (χ0v) is 27.8. The third-order valence-electron chi connectivity index (χ3n) is 8.13. The summed E-state index contributed by atoms with van der Waals surface area (Å²) in [5, 5.41) is 39.0. The van der Waals surface area contributed by atoms with Crippen LogP contribution < -0.4 is 20.6 Å². The lowest BCUT2D eigenvalue weighted by Gasteiger charge is -2.15. The zero-order valence-electron chi connectivity index (χ0n) is 27.8. The summed E-state index contributed by atoms with van der Waals surface area (Å²) in [7, 11) is 0. The van der Waals surface area contributed by atoms with E-state index in [1.165, 1.54) is 12.1 Å². The second-order valence-corrected chi connectivity index (χ2v) is 11.7. The van der Waals surface area contributed by atoms with Crippen molar-refractivity contribution < 1.29 is 44.7 Å². The molecule has 0 saturated heterocycles. The first-order chi connectivity index (χ1) is 26.8. The number of rotatable bonds is 6. The van der Waals surface area contributed by atoms with Crippen molar-refractivity contribution in [2.45, 2.75) is 12.7 Å². The van der Waals surface area contributed by atoms with Crippen LogP contribution in [0.4, 0.5) is 26.3 Å². The average Bonchev–Trinajstić information content (AvgIpc) is 3.79. The van der Waals surface area contributed by atoms with E-state index in [1.807, 2.05) is 0 Å². The van der Waals surface area contributed by atoms with Gasteiger partial charge in [-0.25, -0.2) is 9.97 Å². The van der Waals surface area contributed by atoms with Gasteiger partial charge in [-0.15, -0.1) is 26.3 Å². The molecule has 0 N–H and O–H groups in total. The van der Waals surface area contributed by atoms with E-state index < -0.39 is 46.5 Å². The summed E-state index contributed by atoms with van der Waals surface area (Å²) in [5.41, 5.74) is -2.64. The van der Waals surface area contributed by atoms with Crippen molar-refractivity contribution in [3.63, 3.8) is 0 Å². The van der Waals surface area contributed by atoms with E-state index in [4.69, 9.17) is 8.83 Å². The molecule has 2 heterocycles. The van der Waals surface area contributed by atoms with Crippen LogP contribution in [-0.4, -0.2) is 22.7 Å². The number of halogens is 6. The van der Waals surface area contributed by atoms with Gasteiger partial charge in [0.2, 0.25) is 11.1 Å². The number of oxazole rings is 2. The van der Waals surface area contributed by atoms with Crippen molar-refractivity contribution in [3.05, 3.63) is 108 Å². The van der Waals surface area contributed by atoms with E-state index >= 15 is 0 Å². The molecule has 7 aromatic rings. The molecule has 0 unspecified atom stereocenters. The van der Waals surface area contributed by atoms with Crippen LogP contribution in [0.25, 0.3) is 77.9 Å².